The van der Waals surface area contributed by atoms with Crippen molar-refractivity contribution in [3.8, 4) is 0 Å². The van der Waals surface area contributed by atoms with Gasteiger partial charge in [0.05, 0.1) is 6.61 Å². The van der Waals surface area contributed by atoms with Gasteiger partial charge in [0, 0.05) is 6.54 Å². The molecule has 0 unspecified atom stereocenters. The maximum absolute atomic E-state index is 8.51. The van der Waals surface area contributed by atoms with Crippen LogP contribution in [0.1, 0.15) is 0 Å². The fraction of sp³-hybridized carbons (Fsp3) is 0.250. The molecule has 0 heterocycles. The van der Waals surface area contributed by atoms with E-state index in [1.165, 1.54) is 0 Å². The quantitative estimate of drug-likeness (QED) is 0.560. The lowest BCUT2D eigenvalue weighted by atomic mass is 10.2. The van der Waals surface area contributed by atoms with Gasteiger partial charge in [-0.25, -0.2) is 0 Å². The van der Waals surface area contributed by atoms with Crippen LogP contribution in [0, 0.1) is 0 Å². The van der Waals surface area contributed by atoms with Gasteiger partial charge in [-0.3, -0.25) is 0 Å². The van der Waals surface area contributed by atoms with E-state index in [2.05, 4.69) is 13.2 Å². The van der Waals surface area contributed by atoms with E-state index in [0.717, 1.165) is 5.57 Å². The summed E-state index contributed by atoms with van der Waals surface area (Å²) in [4.78, 5) is 0. The first-order valence-electron chi connectivity index (χ1n) is 3.05. The van der Waals surface area contributed by atoms with Crippen molar-refractivity contribution in [1.29, 1.82) is 0 Å². The largest absolute Gasteiger partial charge is 0.392 e. The first-order chi connectivity index (χ1) is 4.70. The molecule has 0 rings (SSSR count). The molecule has 0 atom stereocenters. The lowest BCUT2D eigenvalue weighted by Gasteiger charge is -1.92. The van der Waals surface area contributed by atoms with Crippen molar-refractivity contribution in [1.82, 2.24) is 0 Å². The van der Waals surface area contributed by atoms with Gasteiger partial charge >= 0.3 is 0 Å². The Morgan fingerprint density at radius 1 is 1.30 bits per heavy atom. The maximum atomic E-state index is 8.51. The predicted octanol–water partition coefficient (Wildman–Crippen LogP) is 0.606. The monoisotopic (exact) mass is 139 g/mol. The Bertz CT molecular complexity index is 141. The van der Waals surface area contributed by atoms with E-state index in [-0.39, 0.29) is 6.61 Å². The third kappa shape index (κ3) is 4.06. The topological polar surface area (TPSA) is 46.2 Å². The van der Waals surface area contributed by atoms with Gasteiger partial charge in [-0.1, -0.05) is 25.3 Å². The Morgan fingerprint density at radius 3 is 2.20 bits per heavy atom. The summed E-state index contributed by atoms with van der Waals surface area (Å²) in [5, 5.41) is 8.51. The Kier molecular flexibility index (Phi) is 4.54. The molecule has 0 spiro atoms. The van der Waals surface area contributed by atoms with Crippen LogP contribution >= 0.6 is 0 Å². The van der Waals surface area contributed by atoms with Gasteiger partial charge in [-0.2, -0.15) is 0 Å². The summed E-state index contributed by atoms with van der Waals surface area (Å²) in [6, 6.07) is 0. The third-order valence-electron chi connectivity index (χ3n) is 1.02. The third-order valence-corrected chi connectivity index (χ3v) is 1.02. The highest BCUT2D eigenvalue weighted by Gasteiger charge is 1.83. The van der Waals surface area contributed by atoms with Crippen molar-refractivity contribution in [2.24, 2.45) is 5.73 Å². The van der Waals surface area contributed by atoms with Crippen molar-refractivity contribution in [3.63, 3.8) is 0 Å². The summed E-state index contributed by atoms with van der Waals surface area (Å²) in [5.41, 5.74) is 6.75. The normalized spacial score (nSPS) is 10.2. The van der Waals surface area contributed by atoms with E-state index >= 15 is 0 Å². The molecule has 0 aromatic heterocycles. The molecule has 2 heteroatoms. The van der Waals surface area contributed by atoms with Crippen molar-refractivity contribution >= 4 is 0 Å². The van der Waals surface area contributed by atoms with E-state index in [1.54, 1.807) is 12.2 Å². The zero-order valence-electron chi connectivity index (χ0n) is 6.01. The number of hydrogen-bond donors (Lipinski definition) is 2. The summed E-state index contributed by atoms with van der Waals surface area (Å²) in [7, 11) is 0. The minimum Gasteiger partial charge on any atom is -0.392 e. The van der Waals surface area contributed by atoms with Crippen molar-refractivity contribution in [2.45, 2.75) is 0 Å². The Hall–Kier alpha value is -0.860. The summed E-state index contributed by atoms with van der Waals surface area (Å²) in [5.74, 6) is 0. The lowest BCUT2D eigenvalue weighted by Crippen LogP contribution is -1.99. The van der Waals surface area contributed by atoms with Gasteiger partial charge in [-0.15, -0.1) is 0 Å². The first-order valence-corrected chi connectivity index (χ1v) is 3.05. The second kappa shape index (κ2) is 4.97. The SMILES string of the molecule is C=C(/C=C\C(=C)CO)CN. The molecule has 0 aliphatic rings. The summed E-state index contributed by atoms with van der Waals surface area (Å²) in [6.07, 6.45) is 3.45. The van der Waals surface area contributed by atoms with Gasteiger partial charge in [0.15, 0.2) is 0 Å². The van der Waals surface area contributed by atoms with Crippen LogP contribution in [0.3, 0.4) is 0 Å². The van der Waals surface area contributed by atoms with Gasteiger partial charge < -0.3 is 10.8 Å². The molecule has 0 saturated heterocycles. The van der Waals surface area contributed by atoms with Crippen LogP contribution in [0.5, 0.6) is 0 Å². The van der Waals surface area contributed by atoms with Crippen LogP contribution < -0.4 is 5.73 Å². The first kappa shape index (κ1) is 9.14. The highest BCUT2D eigenvalue weighted by Crippen LogP contribution is 1.94. The van der Waals surface area contributed by atoms with Crippen molar-refractivity contribution < 1.29 is 5.11 Å². The Balaban J connectivity index is 3.75. The molecule has 10 heavy (non-hydrogen) atoms. The van der Waals surface area contributed by atoms with Crippen molar-refractivity contribution in [2.75, 3.05) is 13.2 Å². The molecular formula is C8H13NO. The number of aliphatic hydroxyl groups excluding tert-OH is 1. The van der Waals surface area contributed by atoms with Crippen molar-refractivity contribution in [3.05, 3.63) is 36.5 Å². The smallest absolute Gasteiger partial charge is 0.0676 e. The van der Waals surface area contributed by atoms with Crippen LogP contribution in [-0.2, 0) is 0 Å². The molecule has 0 bridgehead atoms. The minimum absolute atomic E-state index is 0.0195. The molecule has 0 aromatic rings. The van der Waals surface area contributed by atoms with Crippen LogP contribution in [0.15, 0.2) is 36.5 Å². The minimum atomic E-state index is -0.0195. The molecule has 0 fully saturated rings. The molecule has 3 N–H and O–H groups in total. The average Bonchev–Trinajstić information content (AvgIpc) is 1.99. The fourth-order valence-electron chi connectivity index (χ4n) is 0.356. The van der Waals surface area contributed by atoms with E-state index in [0.29, 0.717) is 12.1 Å². The van der Waals surface area contributed by atoms with Crippen LogP contribution in [0.2, 0.25) is 0 Å². The zero-order valence-corrected chi connectivity index (χ0v) is 6.01. The van der Waals surface area contributed by atoms with Gasteiger partial charge in [-0.05, 0) is 11.1 Å². The van der Waals surface area contributed by atoms with Crippen LogP contribution in [0.4, 0.5) is 0 Å². The van der Waals surface area contributed by atoms with Crippen LogP contribution in [0.25, 0.3) is 0 Å². The molecule has 0 radical (unpaired) electrons. The lowest BCUT2D eigenvalue weighted by molar-refractivity contribution is 0.335. The molecule has 0 aromatic carbocycles. The second-order valence-electron chi connectivity index (χ2n) is 2.01. The highest BCUT2D eigenvalue weighted by molar-refractivity contribution is 5.24. The molecule has 2 nitrogen and oxygen atoms in total. The number of aliphatic hydroxyl groups is 1. The Morgan fingerprint density at radius 2 is 1.80 bits per heavy atom. The van der Waals surface area contributed by atoms with Crippen LogP contribution in [-0.4, -0.2) is 18.3 Å². The van der Waals surface area contributed by atoms with Gasteiger partial charge in [0.2, 0.25) is 0 Å². The fourth-order valence-corrected chi connectivity index (χ4v) is 0.356. The standard InChI is InChI=1S/C8H13NO/c1-7(5-9)3-4-8(2)6-10/h3-4,10H,1-2,5-6,9H2/b4-3-. The van der Waals surface area contributed by atoms with Gasteiger partial charge in [0.1, 0.15) is 0 Å². The summed E-state index contributed by atoms with van der Waals surface area (Å²) >= 11 is 0. The summed E-state index contributed by atoms with van der Waals surface area (Å²) in [6.45, 7) is 7.63. The summed E-state index contributed by atoms with van der Waals surface area (Å²) < 4.78 is 0. The molecular weight excluding hydrogens is 126 g/mol. The number of hydrogen-bond acceptors (Lipinski definition) is 2. The predicted molar refractivity (Wildman–Crippen MR) is 43.6 cm³/mol. The van der Waals surface area contributed by atoms with Gasteiger partial charge in [0.25, 0.3) is 0 Å². The van der Waals surface area contributed by atoms with E-state index in [1.807, 2.05) is 0 Å². The van der Waals surface area contributed by atoms with E-state index in [9.17, 15) is 0 Å². The highest BCUT2D eigenvalue weighted by atomic mass is 16.3. The number of rotatable bonds is 4. The number of nitrogens with two attached hydrogens (primary N) is 1. The van der Waals surface area contributed by atoms with E-state index in [4.69, 9.17) is 10.8 Å². The average molecular weight is 139 g/mol. The molecule has 0 aliphatic carbocycles. The Labute approximate surface area is 61.4 Å². The molecule has 56 valence electrons. The molecule has 0 saturated carbocycles. The van der Waals surface area contributed by atoms with E-state index < -0.39 is 0 Å². The molecule has 0 amide bonds. The molecule has 0 aliphatic heterocycles. The second-order valence-corrected chi connectivity index (χ2v) is 2.01. The maximum Gasteiger partial charge on any atom is 0.0676 e. The zero-order chi connectivity index (χ0) is 7.98.